The summed E-state index contributed by atoms with van der Waals surface area (Å²) in [7, 11) is 3.14. The second-order valence-electron chi connectivity index (χ2n) is 5.04. The Labute approximate surface area is 111 Å². The van der Waals surface area contributed by atoms with Gasteiger partial charge in [0.05, 0.1) is 19.8 Å². The zero-order valence-corrected chi connectivity index (χ0v) is 12.5. The third-order valence-corrected chi connectivity index (χ3v) is 3.31. The molecule has 0 aromatic heterocycles. The summed E-state index contributed by atoms with van der Waals surface area (Å²) in [5, 5.41) is 2.96. The smallest absolute Gasteiger partial charge is 0.328 e. The molecule has 0 fully saturated rings. The molecule has 4 nitrogen and oxygen atoms in total. The second-order valence-corrected chi connectivity index (χ2v) is 5.04. The fourth-order valence-electron chi connectivity index (χ4n) is 1.71. The Balaban J connectivity index is 3.94. The molecule has 0 aliphatic heterocycles. The monoisotopic (exact) mass is 259 g/mol. The van der Waals surface area contributed by atoms with Crippen LogP contribution in [-0.2, 0) is 14.3 Å². The molecule has 0 saturated carbocycles. The number of unbranched alkanes of at least 4 members (excludes halogenated alkanes) is 3. The van der Waals surface area contributed by atoms with Crippen molar-refractivity contribution in [2.24, 2.45) is 0 Å². The van der Waals surface area contributed by atoms with Crippen LogP contribution < -0.4 is 5.32 Å². The summed E-state index contributed by atoms with van der Waals surface area (Å²) in [5.74, 6) is -0.289. The standard InChI is InChI=1S/C14H29NO3/c1-6-7-8-9-10-12(2)18-11-14(3,15-4)13(16)17-5/h12,15H,6-11H2,1-5H3. The van der Waals surface area contributed by atoms with E-state index >= 15 is 0 Å². The van der Waals surface area contributed by atoms with Gasteiger partial charge in [-0.05, 0) is 27.3 Å². The average molecular weight is 259 g/mol. The summed E-state index contributed by atoms with van der Waals surface area (Å²) in [4.78, 5) is 11.6. The van der Waals surface area contributed by atoms with Crippen LogP contribution in [0.4, 0.5) is 0 Å². The molecule has 4 heteroatoms. The normalized spacial score (nSPS) is 16.1. The molecule has 1 N–H and O–H groups in total. The Morgan fingerprint density at radius 2 is 2.00 bits per heavy atom. The van der Waals surface area contributed by atoms with E-state index in [1.807, 2.05) is 0 Å². The molecule has 0 saturated heterocycles. The highest BCUT2D eigenvalue weighted by Crippen LogP contribution is 2.12. The Kier molecular flexibility index (Phi) is 9.02. The highest BCUT2D eigenvalue weighted by atomic mass is 16.5. The van der Waals surface area contributed by atoms with E-state index in [2.05, 4.69) is 19.2 Å². The molecule has 0 heterocycles. The number of carbonyl (C=O) groups is 1. The molecule has 2 atom stereocenters. The van der Waals surface area contributed by atoms with E-state index in [0.717, 1.165) is 6.42 Å². The van der Waals surface area contributed by atoms with Crippen molar-refractivity contribution in [3.8, 4) is 0 Å². The summed E-state index contributed by atoms with van der Waals surface area (Å²) < 4.78 is 10.5. The first-order valence-electron chi connectivity index (χ1n) is 6.89. The van der Waals surface area contributed by atoms with E-state index in [4.69, 9.17) is 9.47 Å². The molecule has 0 bridgehead atoms. The molecule has 0 amide bonds. The number of esters is 1. The van der Waals surface area contributed by atoms with Crippen LogP contribution >= 0.6 is 0 Å². The van der Waals surface area contributed by atoms with Crippen molar-refractivity contribution in [1.29, 1.82) is 0 Å². The summed E-state index contributed by atoms with van der Waals surface area (Å²) in [6.45, 7) is 6.39. The number of hydrogen-bond donors (Lipinski definition) is 1. The Morgan fingerprint density at radius 3 is 2.50 bits per heavy atom. The van der Waals surface area contributed by atoms with Crippen LogP contribution in [0.5, 0.6) is 0 Å². The van der Waals surface area contributed by atoms with Gasteiger partial charge in [-0.2, -0.15) is 0 Å². The fourth-order valence-corrected chi connectivity index (χ4v) is 1.71. The van der Waals surface area contributed by atoms with Crippen molar-refractivity contribution in [2.45, 2.75) is 64.5 Å². The van der Waals surface area contributed by atoms with Crippen molar-refractivity contribution in [2.75, 3.05) is 20.8 Å². The first-order valence-corrected chi connectivity index (χ1v) is 6.89. The maximum absolute atomic E-state index is 11.6. The molecule has 0 aromatic carbocycles. The van der Waals surface area contributed by atoms with Crippen LogP contribution in [0.25, 0.3) is 0 Å². The second kappa shape index (κ2) is 9.34. The minimum Gasteiger partial charge on any atom is -0.468 e. The number of methoxy groups -OCH3 is 1. The molecule has 108 valence electrons. The van der Waals surface area contributed by atoms with Gasteiger partial charge in [-0.15, -0.1) is 0 Å². The SMILES string of the molecule is CCCCCCC(C)OCC(C)(NC)C(=O)OC. The van der Waals surface area contributed by atoms with Gasteiger partial charge < -0.3 is 14.8 Å². The maximum Gasteiger partial charge on any atom is 0.328 e. The van der Waals surface area contributed by atoms with Crippen LogP contribution in [-0.4, -0.2) is 38.4 Å². The van der Waals surface area contributed by atoms with Gasteiger partial charge in [0, 0.05) is 0 Å². The average Bonchev–Trinajstić information content (AvgIpc) is 2.39. The first-order chi connectivity index (χ1) is 8.50. The molecule has 0 radical (unpaired) electrons. The van der Waals surface area contributed by atoms with Crippen molar-refractivity contribution < 1.29 is 14.3 Å². The topological polar surface area (TPSA) is 47.6 Å². The molecule has 0 spiro atoms. The van der Waals surface area contributed by atoms with E-state index in [0.29, 0.717) is 6.61 Å². The molecule has 0 rings (SSSR count). The van der Waals surface area contributed by atoms with Crippen molar-refractivity contribution in [3.05, 3.63) is 0 Å². The molecule has 0 aliphatic carbocycles. The molecular formula is C14H29NO3. The molecule has 18 heavy (non-hydrogen) atoms. The Hall–Kier alpha value is -0.610. The Bertz CT molecular complexity index is 233. The van der Waals surface area contributed by atoms with Crippen LogP contribution in [0, 0.1) is 0 Å². The van der Waals surface area contributed by atoms with Crippen LogP contribution in [0.2, 0.25) is 0 Å². The van der Waals surface area contributed by atoms with Crippen molar-refractivity contribution >= 4 is 5.97 Å². The van der Waals surface area contributed by atoms with Crippen molar-refractivity contribution in [3.63, 3.8) is 0 Å². The van der Waals surface area contributed by atoms with Gasteiger partial charge in [0.2, 0.25) is 0 Å². The lowest BCUT2D eigenvalue weighted by atomic mass is 10.0. The van der Waals surface area contributed by atoms with Gasteiger partial charge in [-0.3, -0.25) is 0 Å². The maximum atomic E-state index is 11.6. The third kappa shape index (κ3) is 6.36. The van der Waals surface area contributed by atoms with Gasteiger partial charge in [0.1, 0.15) is 5.54 Å². The van der Waals surface area contributed by atoms with Crippen LogP contribution in [0.3, 0.4) is 0 Å². The molecular weight excluding hydrogens is 230 g/mol. The van der Waals surface area contributed by atoms with E-state index in [9.17, 15) is 4.79 Å². The minimum absolute atomic E-state index is 0.180. The minimum atomic E-state index is -0.758. The van der Waals surface area contributed by atoms with Crippen LogP contribution in [0.1, 0.15) is 52.9 Å². The number of ether oxygens (including phenoxy) is 2. The van der Waals surface area contributed by atoms with E-state index in [-0.39, 0.29) is 12.1 Å². The summed E-state index contributed by atoms with van der Waals surface area (Å²) in [6.07, 6.45) is 6.19. The van der Waals surface area contributed by atoms with E-state index in [1.165, 1.54) is 32.8 Å². The molecule has 2 unspecified atom stereocenters. The predicted octanol–water partition coefficient (Wildman–Crippen LogP) is 2.51. The largest absolute Gasteiger partial charge is 0.468 e. The lowest BCUT2D eigenvalue weighted by molar-refractivity contribution is -0.151. The lowest BCUT2D eigenvalue weighted by Gasteiger charge is -2.27. The summed E-state index contributed by atoms with van der Waals surface area (Å²) >= 11 is 0. The first kappa shape index (κ1) is 17.4. The van der Waals surface area contributed by atoms with Gasteiger partial charge >= 0.3 is 5.97 Å². The molecule has 0 aromatic rings. The lowest BCUT2D eigenvalue weighted by Crippen LogP contribution is -2.52. The predicted molar refractivity (Wildman–Crippen MR) is 73.7 cm³/mol. The quantitative estimate of drug-likeness (QED) is 0.484. The number of rotatable bonds is 10. The Morgan fingerprint density at radius 1 is 1.33 bits per heavy atom. The third-order valence-electron chi connectivity index (χ3n) is 3.31. The van der Waals surface area contributed by atoms with Gasteiger partial charge in [0.25, 0.3) is 0 Å². The number of likely N-dealkylation sites (N-methyl/N-ethyl adjacent to an activating group) is 1. The van der Waals surface area contributed by atoms with Gasteiger partial charge in [0.15, 0.2) is 0 Å². The van der Waals surface area contributed by atoms with E-state index < -0.39 is 5.54 Å². The zero-order valence-electron chi connectivity index (χ0n) is 12.5. The molecule has 0 aliphatic rings. The van der Waals surface area contributed by atoms with Crippen molar-refractivity contribution in [1.82, 2.24) is 5.32 Å². The number of nitrogens with one attached hydrogen (secondary N) is 1. The number of carbonyl (C=O) groups excluding carboxylic acids is 1. The highest BCUT2D eigenvalue weighted by molar-refractivity contribution is 5.80. The zero-order chi connectivity index (χ0) is 14.0. The summed E-state index contributed by atoms with van der Waals surface area (Å²) in [5.41, 5.74) is -0.758. The van der Waals surface area contributed by atoms with Crippen LogP contribution in [0.15, 0.2) is 0 Å². The number of hydrogen-bond acceptors (Lipinski definition) is 4. The van der Waals surface area contributed by atoms with Gasteiger partial charge in [-0.25, -0.2) is 4.79 Å². The fraction of sp³-hybridized carbons (Fsp3) is 0.929. The highest BCUT2D eigenvalue weighted by Gasteiger charge is 2.33. The summed E-state index contributed by atoms with van der Waals surface area (Å²) in [6, 6.07) is 0. The van der Waals surface area contributed by atoms with E-state index in [1.54, 1.807) is 14.0 Å². The van der Waals surface area contributed by atoms with Gasteiger partial charge in [-0.1, -0.05) is 32.6 Å².